The van der Waals surface area contributed by atoms with E-state index < -0.39 is 10.8 Å². The average Bonchev–Trinajstić information content (AvgIpc) is 2.46. The van der Waals surface area contributed by atoms with E-state index in [2.05, 4.69) is 15.6 Å². The number of carbonyl (C=O) groups is 1. The molecule has 110 valence electrons. The fourth-order valence-electron chi connectivity index (χ4n) is 1.80. The highest BCUT2D eigenvalue weighted by atomic mass is 32.2. The fraction of sp³-hybridized carbons (Fsp3) is 0.200. The van der Waals surface area contributed by atoms with Crippen LogP contribution in [0.4, 0.5) is 10.5 Å². The molecule has 1 aromatic carbocycles. The molecule has 0 radical (unpaired) electrons. The molecule has 0 saturated carbocycles. The van der Waals surface area contributed by atoms with Crippen molar-refractivity contribution in [3.8, 4) is 0 Å². The Morgan fingerprint density at radius 3 is 2.81 bits per heavy atom. The van der Waals surface area contributed by atoms with E-state index in [0.29, 0.717) is 17.1 Å². The summed E-state index contributed by atoms with van der Waals surface area (Å²) in [4.78, 5) is 16.7. The zero-order valence-corrected chi connectivity index (χ0v) is 12.7. The summed E-state index contributed by atoms with van der Waals surface area (Å²) in [6, 6.07) is 10.5. The van der Waals surface area contributed by atoms with Gasteiger partial charge in [-0.1, -0.05) is 12.1 Å². The van der Waals surface area contributed by atoms with E-state index in [0.717, 1.165) is 11.3 Å². The summed E-state index contributed by atoms with van der Waals surface area (Å²) in [6.45, 7) is 2.31. The van der Waals surface area contributed by atoms with Crippen molar-refractivity contribution < 1.29 is 9.00 Å². The lowest BCUT2D eigenvalue weighted by Crippen LogP contribution is -2.28. The number of aryl methyl sites for hydroxylation is 1. The van der Waals surface area contributed by atoms with E-state index in [9.17, 15) is 9.00 Å². The molecule has 5 nitrogen and oxygen atoms in total. The van der Waals surface area contributed by atoms with Gasteiger partial charge in [-0.3, -0.25) is 9.19 Å². The highest BCUT2D eigenvalue weighted by molar-refractivity contribution is 7.84. The minimum Gasteiger partial charge on any atom is -0.332 e. The first-order valence-electron chi connectivity index (χ1n) is 6.45. The molecule has 0 aliphatic rings. The van der Waals surface area contributed by atoms with Gasteiger partial charge in [0.1, 0.15) is 0 Å². The van der Waals surface area contributed by atoms with E-state index >= 15 is 0 Å². The van der Waals surface area contributed by atoms with Gasteiger partial charge in [-0.25, -0.2) is 4.79 Å². The number of anilines is 1. The van der Waals surface area contributed by atoms with Crippen molar-refractivity contribution in [2.75, 3.05) is 11.6 Å². The largest absolute Gasteiger partial charge is 0.332 e. The smallest absolute Gasteiger partial charge is 0.319 e. The molecule has 0 unspecified atom stereocenters. The van der Waals surface area contributed by atoms with Gasteiger partial charge in [0, 0.05) is 33.8 Å². The molecule has 0 spiro atoms. The number of rotatable bonds is 4. The van der Waals surface area contributed by atoms with Gasteiger partial charge in [-0.05, 0) is 36.8 Å². The van der Waals surface area contributed by atoms with Gasteiger partial charge in [0.25, 0.3) is 0 Å². The van der Waals surface area contributed by atoms with Crippen LogP contribution in [0.5, 0.6) is 0 Å². The Bertz CT molecular complexity index is 673. The van der Waals surface area contributed by atoms with Gasteiger partial charge >= 0.3 is 6.03 Å². The van der Waals surface area contributed by atoms with Crippen LogP contribution in [0, 0.1) is 6.92 Å². The van der Waals surface area contributed by atoms with E-state index in [1.165, 1.54) is 0 Å². The number of carbonyl (C=O) groups excluding carboxylic acids is 1. The molecule has 0 aliphatic heterocycles. The number of benzene rings is 1. The first-order valence-corrected chi connectivity index (χ1v) is 8.01. The Labute approximate surface area is 126 Å². The summed E-state index contributed by atoms with van der Waals surface area (Å²) in [5, 5.41) is 5.46. The van der Waals surface area contributed by atoms with Crippen molar-refractivity contribution in [3.05, 3.63) is 53.9 Å². The van der Waals surface area contributed by atoms with Crippen molar-refractivity contribution in [1.82, 2.24) is 10.3 Å². The molecule has 2 rings (SSSR count). The molecule has 2 N–H and O–H groups in total. The van der Waals surface area contributed by atoms with Crippen LogP contribution in [0.2, 0.25) is 0 Å². The van der Waals surface area contributed by atoms with Crippen LogP contribution >= 0.6 is 0 Å². The predicted octanol–water partition coefficient (Wildman–Crippen LogP) is 2.45. The molecule has 1 aromatic heterocycles. The maximum absolute atomic E-state index is 11.9. The van der Waals surface area contributed by atoms with Crippen molar-refractivity contribution in [2.45, 2.75) is 18.4 Å². The van der Waals surface area contributed by atoms with Crippen LogP contribution in [0.25, 0.3) is 0 Å². The van der Waals surface area contributed by atoms with Gasteiger partial charge in [0.15, 0.2) is 0 Å². The first-order chi connectivity index (χ1) is 10.1. The second kappa shape index (κ2) is 6.99. The van der Waals surface area contributed by atoms with Gasteiger partial charge in [0.05, 0.1) is 12.2 Å². The Morgan fingerprint density at radius 1 is 1.29 bits per heavy atom. The summed E-state index contributed by atoms with van der Waals surface area (Å²) in [5.74, 6) is 0. The van der Waals surface area contributed by atoms with Crippen LogP contribution in [0.1, 0.15) is 11.3 Å². The van der Waals surface area contributed by atoms with Crippen molar-refractivity contribution in [3.63, 3.8) is 0 Å². The zero-order chi connectivity index (χ0) is 15.2. The monoisotopic (exact) mass is 303 g/mol. The Kier molecular flexibility index (Phi) is 5.05. The predicted molar refractivity (Wildman–Crippen MR) is 83.6 cm³/mol. The third kappa shape index (κ3) is 4.39. The molecule has 0 saturated heterocycles. The normalized spacial score (nSPS) is 11.7. The molecule has 6 heteroatoms. The first kappa shape index (κ1) is 15.2. The summed E-state index contributed by atoms with van der Waals surface area (Å²) in [7, 11) is -1.07. The molecule has 1 atom stereocenters. The number of nitrogens with one attached hydrogen (secondary N) is 2. The molecule has 21 heavy (non-hydrogen) atoms. The number of hydrogen-bond donors (Lipinski definition) is 2. The molecular formula is C15H17N3O2S. The van der Waals surface area contributed by atoms with Crippen LogP contribution in [0.3, 0.4) is 0 Å². The molecule has 0 aliphatic carbocycles. The van der Waals surface area contributed by atoms with Crippen LogP contribution in [0.15, 0.2) is 47.5 Å². The lowest BCUT2D eigenvalue weighted by molar-refractivity contribution is 0.251. The summed E-state index contributed by atoms with van der Waals surface area (Å²) >= 11 is 0. The quantitative estimate of drug-likeness (QED) is 0.911. The van der Waals surface area contributed by atoms with Crippen molar-refractivity contribution in [1.29, 1.82) is 0 Å². The highest BCUT2D eigenvalue weighted by Gasteiger charge is 2.05. The maximum atomic E-state index is 11.9. The van der Waals surface area contributed by atoms with Gasteiger partial charge < -0.3 is 10.6 Å². The van der Waals surface area contributed by atoms with Crippen molar-refractivity contribution in [2.24, 2.45) is 0 Å². The maximum Gasteiger partial charge on any atom is 0.319 e. The summed E-state index contributed by atoms with van der Waals surface area (Å²) in [5.41, 5.74) is 2.47. The number of hydrogen-bond acceptors (Lipinski definition) is 3. The SMILES string of the molecule is Cc1cccnc1CNC(=O)Nc1cccc([S@@](C)=O)c1. The fourth-order valence-corrected chi connectivity index (χ4v) is 2.36. The van der Waals surface area contributed by atoms with E-state index in [-0.39, 0.29) is 6.03 Å². The van der Waals surface area contributed by atoms with Crippen LogP contribution < -0.4 is 10.6 Å². The van der Waals surface area contributed by atoms with Gasteiger partial charge in [-0.2, -0.15) is 0 Å². The number of urea groups is 1. The van der Waals surface area contributed by atoms with Crippen LogP contribution in [-0.4, -0.2) is 21.5 Å². The van der Waals surface area contributed by atoms with Crippen molar-refractivity contribution >= 4 is 22.5 Å². The number of amides is 2. The highest BCUT2D eigenvalue weighted by Crippen LogP contribution is 2.13. The van der Waals surface area contributed by atoms with Gasteiger partial charge in [-0.15, -0.1) is 0 Å². The summed E-state index contributed by atoms with van der Waals surface area (Å²) < 4.78 is 11.4. The molecule has 0 bridgehead atoms. The number of pyridine rings is 1. The van der Waals surface area contributed by atoms with E-state index in [4.69, 9.17) is 0 Å². The standard InChI is InChI=1S/C15H17N3O2S/c1-11-5-4-8-16-14(11)10-17-15(19)18-12-6-3-7-13(9-12)21(2)20/h3-9H,10H2,1-2H3,(H2,17,18,19)/t21-/m1/s1. The molecule has 1 heterocycles. The minimum atomic E-state index is -1.07. The Hall–Kier alpha value is -2.21. The second-order valence-electron chi connectivity index (χ2n) is 4.56. The minimum absolute atomic E-state index is 0.320. The lowest BCUT2D eigenvalue weighted by Gasteiger charge is -2.09. The number of nitrogens with zero attached hydrogens (tertiary/aromatic N) is 1. The number of aromatic nitrogens is 1. The molecule has 0 fully saturated rings. The lowest BCUT2D eigenvalue weighted by atomic mass is 10.2. The zero-order valence-electron chi connectivity index (χ0n) is 11.9. The van der Waals surface area contributed by atoms with Crippen LogP contribution in [-0.2, 0) is 17.3 Å². The van der Waals surface area contributed by atoms with Gasteiger partial charge in [0.2, 0.25) is 0 Å². The molecule has 2 aromatic rings. The third-order valence-corrected chi connectivity index (χ3v) is 3.88. The third-order valence-electron chi connectivity index (χ3n) is 2.96. The Morgan fingerprint density at radius 2 is 2.10 bits per heavy atom. The topological polar surface area (TPSA) is 71.1 Å². The Balaban J connectivity index is 1.95. The van der Waals surface area contributed by atoms with E-state index in [1.54, 1.807) is 36.7 Å². The molecule has 2 amide bonds. The second-order valence-corrected chi connectivity index (χ2v) is 5.94. The van der Waals surface area contributed by atoms with E-state index in [1.807, 2.05) is 19.1 Å². The average molecular weight is 303 g/mol. The molecular weight excluding hydrogens is 286 g/mol. The summed E-state index contributed by atoms with van der Waals surface area (Å²) in [6.07, 6.45) is 3.30.